The number of pyridine rings is 2. The first-order chi connectivity index (χ1) is 15.0. The van der Waals surface area contributed by atoms with Crippen molar-refractivity contribution in [2.75, 3.05) is 31.1 Å². The molecule has 1 fully saturated rings. The second-order valence-electron chi connectivity index (χ2n) is 7.43. The van der Waals surface area contributed by atoms with Crippen molar-refractivity contribution in [2.45, 2.75) is 20.5 Å². The maximum atomic E-state index is 12.7. The molecule has 162 valence electrons. The van der Waals surface area contributed by atoms with Gasteiger partial charge in [0.05, 0.1) is 18.0 Å². The summed E-state index contributed by atoms with van der Waals surface area (Å²) in [7, 11) is 1.88. The van der Waals surface area contributed by atoms with Gasteiger partial charge in [-0.25, -0.2) is 4.79 Å². The van der Waals surface area contributed by atoms with Crippen LogP contribution in [-0.2, 0) is 23.2 Å². The highest BCUT2D eigenvalue weighted by atomic mass is 16.6. The van der Waals surface area contributed by atoms with Gasteiger partial charge in [-0.3, -0.25) is 14.7 Å². The monoisotopic (exact) mass is 423 g/mol. The van der Waals surface area contributed by atoms with Crippen LogP contribution >= 0.6 is 0 Å². The molecule has 0 unspecified atom stereocenters. The normalized spacial score (nSPS) is 14.2. The Morgan fingerprint density at radius 1 is 1.19 bits per heavy atom. The van der Waals surface area contributed by atoms with E-state index in [1.807, 2.05) is 42.9 Å². The molecule has 0 spiro atoms. The molecular weight excluding hydrogens is 398 g/mol. The predicted molar refractivity (Wildman–Crippen MR) is 115 cm³/mol. The van der Waals surface area contributed by atoms with Crippen LogP contribution in [0.25, 0.3) is 11.0 Å². The number of hydrogen-bond acceptors (Lipinski definition) is 6. The van der Waals surface area contributed by atoms with Gasteiger partial charge < -0.3 is 18.9 Å². The average Bonchev–Trinajstić information content (AvgIpc) is 3.09. The minimum Gasteiger partial charge on any atom is -0.471 e. The molecule has 2 amide bonds. The number of aromatic nitrogens is 3. The van der Waals surface area contributed by atoms with Crippen molar-refractivity contribution in [1.82, 2.24) is 19.4 Å². The highest BCUT2D eigenvalue weighted by molar-refractivity contribution is 6.04. The number of rotatable bonds is 5. The number of piperazine rings is 1. The Labute approximate surface area is 180 Å². The molecule has 4 heterocycles. The van der Waals surface area contributed by atoms with Gasteiger partial charge in [-0.1, -0.05) is 6.07 Å². The molecule has 4 rings (SSSR count). The quantitative estimate of drug-likeness (QED) is 0.627. The molecule has 0 radical (unpaired) electrons. The number of amides is 2. The maximum absolute atomic E-state index is 12.7. The van der Waals surface area contributed by atoms with Crippen molar-refractivity contribution >= 4 is 28.7 Å². The zero-order valence-corrected chi connectivity index (χ0v) is 17.9. The second-order valence-corrected chi connectivity index (χ2v) is 7.43. The fourth-order valence-corrected chi connectivity index (χ4v) is 3.54. The van der Waals surface area contributed by atoms with E-state index in [1.165, 1.54) is 4.90 Å². The topological polar surface area (TPSA) is 89.8 Å². The molecule has 0 bridgehead atoms. The van der Waals surface area contributed by atoms with Gasteiger partial charge in [-0.2, -0.15) is 4.98 Å². The van der Waals surface area contributed by atoms with Crippen molar-refractivity contribution in [2.24, 2.45) is 7.05 Å². The highest BCUT2D eigenvalue weighted by Gasteiger charge is 2.30. The van der Waals surface area contributed by atoms with E-state index >= 15 is 0 Å². The Balaban J connectivity index is 1.50. The number of carbonyl (C=O) groups excluding carboxylic acids is 2. The maximum Gasteiger partial charge on any atom is 0.410 e. The largest absolute Gasteiger partial charge is 0.471 e. The van der Waals surface area contributed by atoms with Gasteiger partial charge in [0.1, 0.15) is 18.8 Å². The van der Waals surface area contributed by atoms with Crippen molar-refractivity contribution in [3.05, 3.63) is 47.9 Å². The fourth-order valence-electron chi connectivity index (χ4n) is 3.54. The Bertz CT molecular complexity index is 1110. The molecule has 0 atom stereocenters. The molecule has 1 saturated heterocycles. The van der Waals surface area contributed by atoms with Crippen LogP contribution in [0.4, 0.5) is 10.5 Å². The van der Waals surface area contributed by atoms with Crippen LogP contribution in [0, 0.1) is 6.92 Å². The average molecular weight is 423 g/mol. The number of ether oxygens (including phenoxy) is 2. The van der Waals surface area contributed by atoms with Gasteiger partial charge in [0.25, 0.3) is 0 Å². The zero-order valence-electron chi connectivity index (χ0n) is 17.9. The van der Waals surface area contributed by atoms with Gasteiger partial charge in [-0.05, 0) is 31.5 Å². The lowest BCUT2D eigenvalue weighted by Gasteiger charge is -2.33. The van der Waals surface area contributed by atoms with Crippen LogP contribution in [0.3, 0.4) is 0 Å². The Hall–Kier alpha value is -3.62. The summed E-state index contributed by atoms with van der Waals surface area (Å²) in [6.07, 6.45) is 3.22. The van der Waals surface area contributed by atoms with Gasteiger partial charge in [0, 0.05) is 44.0 Å². The molecule has 31 heavy (non-hydrogen) atoms. The van der Waals surface area contributed by atoms with Gasteiger partial charge in [0.2, 0.25) is 11.8 Å². The lowest BCUT2D eigenvalue weighted by molar-refractivity contribution is -0.120. The summed E-state index contributed by atoms with van der Waals surface area (Å²) in [6.45, 7) is 5.15. The molecule has 1 aliphatic rings. The smallest absolute Gasteiger partial charge is 0.410 e. The number of fused-ring (bicyclic) bond motifs is 1. The molecule has 0 saturated carbocycles. The molecule has 3 aromatic heterocycles. The lowest BCUT2D eigenvalue weighted by atomic mass is 10.2. The molecule has 9 nitrogen and oxygen atoms in total. The highest BCUT2D eigenvalue weighted by Crippen LogP contribution is 2.30. The van der Waals surface area contributed by atoms with Crippen LogP contribution < -0.4 is 9.64 Å². The summed E-state index contributed by atoms with van der Waals surface area (Å²) < 4.78 is 12.7. The Morgan fingerprint density at radius 2 is 2.03 bits per heavy atom. The van der Waals surface area contributed by atoms with E-state index < -0.39 is 6.09 Å². The molecule has 0 aliphatic carbocycles. The fraction of sp³-hybridized carbons (Fsp3) is 0.364. The van der Waals surface area contributed by atoms with Crippen LogP contribution in [0.15, 0.2) is 36.7 Å². The minimum atomic E-state index is -0.458. The van der Waals surface area contributed by atoms with Crippen molar-refractivity contribution in [1.29, 1.82) is 0 Å². The summed E-state index contributed by atoms with van der Waals surface area (Å²) in [4.78, 5) is 36.7. The van der Waals surface area contributed by atoms with Gasteiger partial charge in [0.15, 0.2) is 0 Å². The van der Waals surface area contributed by atoms with Crippen LogP contribution in [0.5, 0.6) is 5.88 Å². The van der Waals surface area contributed by atoms with E-state index in [9.17, 15) is 9.59 Å². The van der Waals surface area contributed by atoms with Crippen molar-refractivity contribution in [3.8, 4) is 5.88 Å². The number of carbonyl (C=O) groups is 2. The second kappa shape index (κ2) is 8.63. The molecule has 0 N–H and O–H groups in total. The molecule has 1 aliphatic heterocycles. The number of hydrogen-bond donors (Lipinski definition) is 0. The first-order valence-corrected chi connectivity index (χ1v) is 10.2. The molecular formula is C22H25N5O4. The standard InChI is InChI=1S/C22H25N5O4/c1-4-30-22(29)26-9-10-27(20(28)13-26)18-12-25(3)21-17(18)7-8-19(24-21)31-14-16-6-5-15(2)11-23-16/h5-8,11-12H,4,9-10,13-14H2,1-3H3. The summed E-state index contributed by atoms with van der Waals surface area (Å²) in [6, 6.07) is 7.61. The SMILES string of the molecule is CCOC(=O)N1CCN(c2cn(C)c3nc(OCc4ccc(C)cn4)ccc23)C(=O)C1. The summed E-state index contributed by atoms with van der Waals surface area (Å²) >= 11 is 0. The molecule has 0 aromatic carbocycles. The number of nitrogens with zero attached hydrogens (tertiary/aromatic N) is 5. The third-order valence-corrected chi connectivity index (χ3v) is 5.15. The number of aryl methyl sites for hydroxylation is 2. The van der Waals surface area contributed by atoms with E-state index in [2.05, 4.69) is 9.97 Å². The van der Waals surface area contributed by atoms with Crippen LogP contribution in [0.2, 0.25) is 0 Å². The van der Waals surface area contributed by atoms with Gasteiger partial charge >= 0.3 is 6.09 Å². The Morgan fingerprint density at radius 3 is 2.74 bits per heavy atom. The number of anilines is 1. The summed E-state index contributed by atoms with van der Waals surface area (Å²) in [5.41, 5.74) is 3.40. The van der Waals surface area contributed by atoms with E-state index in [4.69, 9.17) is 9.47 Å². The van der Waals surface area contributed by atoms with E-state index in [1.54, 1.807) is 24.1 Å². The van der Waals surface area contributed by atoms with E-state index in [0.717, 1.165) is 22.3 Å². The lowest BCUT2D eigenvalue weighted by Crippen LogP contribution is -2.52. The summed E-state index contributed by atoms with van der Waals surface area (Å²) in [5, 5.41) is 0.848. The first kappa shape index (κ1) is 20.6. The van der Waals surface area contributed by atoms with Crippen molar-refractivity contribution in [3.63, 3.8) is 0 Å². The Kier molecular flexibility index (Phi) is 5.75. The predicted octanol–water partition coefficient (Wildman–Crippen LogP) is 2.66. The minimum absolute atomic E-state index is 0.00655. The van der Waals surface area contributed by atoms with Crippen molar-refractivity contribution < 1.29 is 19.1 Å². The van der Waals surface area contributed by atoms with E-state index in [-0.39, 0.29) is 19.1 Å². The third kappa shape index (κ3) is 4.30. The molecule has 9 heteroatoms. The summed E-state index contributed by atoms with van der Waals surface area (Å²) in [5.74, 6) is 0.332. The first-order valence-electron chi connectivity index (χ1n) is 10.2. The van der Waals surface area contributed by atoms with Crippen LogP contribution in [-0.4, -0.2) is 57.7 Å². The van der Waals surface area contributed by atoms with Gasteiger partial charge in [-0.15, -0.1) is 0 Å². The molecule has 3 aromatic rings. The zero-order chi connectivity index (χ0) is 22.0. The third-order valence-electron chi connectivity index (χ3n) is 5.15. The van der Waals surface area contributed by atoms with E-state index in [0.29, 0.717) is 31.2 Å². The van der Waals surface area contributed by atoms with Crippen LogP contribution in [0.1, 0.15) is 18.2 Å².